The number of methoxy groups -OCH3 is 1. The summed E-state index contributed by atoms with van der Waals surface area (Å²) in [5.74, 6) is 2.02. The van der Waals surface area contributed by atoms with E-state index >= 15 is 0 Å². The van der Waals surface area contributed by atoms with Crippen LogP contribution >= 0.6 is 0 Å². The highest BCUT2D eigenvalue weighted by Gasteiger charge is 2.20. The summed E-state index contributed by atoms with van der Waals surface area (Å²) in [7, 11) is 1.69. The minimum atomic E-state index is 0.858. The molecule has 0 unspecified atom stereocenters. The molecule has 1 saturated heterocycles. The van der Waals surface area contributed by atoms with Crippen molar-refractivity contribution in [2.45, 2.75) is 12.8 Å². The van der Waals surface area contributed by atoms with Crippen molar-refractivity contribution < 1.29 is 4.74 Å². The Hall–Kier alpha value is -2.75. The van der Waals surface area contributed by atoms with Crippen LogP contribution in [-0.2, 0) is 0 Å². The fourth-order valence-corrected chi connectivity index (χ4v) is 3.21. The molecular weight excluding hydrogens is 298 g/mol. The van der Waals surface area contributed by atoms with Crippen molar-refractivity contribution in [3.8, 4) is 22.7 Å². The lowest BCUT2D eigenvalue weighted by atomic mass is 10.1. The quantitative estimate of drug-likeness (QED) is 0.724. The summed E-state index contributed by atoms with van der Waals surface area (Å²) in [4.78, 5) is 2.42. The predicted molar refractivity (Wildman–Crippen MR) is 97.0 cm³/mol. The summed E-state index contributed by atoms with van der Waals surface area (Å²) in [6.07, 6.45) is 2.49. The van der Waals surface area contributed by atoms with Crippen LogP contribution in [0.15, 0.2) is 60.7 Å². The van der Waals surface area contributed by atoms with Crippen molar-refractivity contribution in [2.75, 3.05) is 25.1 Å². The topological polar surface area (TPSA) is 30.3 Å². The summed E-state index contributed by atoms with van der Waals surface area (Å²) < 4.78 is 7.32. The molecule has 2 heterocycles. The molecule has 0 atom stereocenters. The second-order valence-corrected chi connectivity index (χ2v) is 6.06. The Bertz CT molecular complexity index is 803. The van der Waals surface area contributed by atoms with Gasteiger partial charge in [-0.2, -0.15) is 5.10 Å². The van der Waals surface area contributed by atoms with Gasteiger partial charge in [0, 0.05) is 24.7 Å². The Morgan fingerprint density at radius 1 is 0.917 bits per heavy atom. The number of ether oxygens (including phenoxy) is 1. The SMILES string of the molecule is COc1ccc(-n2nc(-c3ccccc3)cc2N2CCCC2)cc1. The van der Waals surface area contributed by atoms with Crippen LogP contribution in [0.3, 0.4) is 0 Å². The highest BCUT2D eigenvalue weighted by molar-refractivity contribution is 5.65. The third-order valence-electron chi connectivity index (χ3n) is 4.51. The van der Waals surface area contributed by atoms with E-state index in [1.54, 1.807) is 7.11 Å². The number of benzene rings is 2. The molecule has 0 spiro atoms. The summed E-state index contributed by atoms with van der Waals surface area (Å²) in [6, 6.07) is 20.6. The maximum Gasteiger partial charge on any atom is 0.133 e. The van der Waals surface area contributed by atoms with E-state index in [0.29, 0.717) is 0 Å². The smallest absolute Gasteiger partial charge is 0.133 e. The highest BCUT2D eigenvalue weighted by atomic mass is 16.5. The van der Waals surface area contributed by atoms with Crippen LogP contribution in [0.1, 0.15) is 12.8 Å². The van der Waals surface area contributed by atoms with E-state index in [4.69, 9.17) is 9.84 Å². The third kappa shape index (κ3) is 2.75. The van der Waals surface area contributed by atoms with Crippen molar-refractivity contribution in [3.05, 3.63) is 60.7 Å². The van der Waals surface area contributed by atoms with Gasteiger partial charge >= 0.3 is 0 Å². The predicted octanol–water partition coefficient (Wildman–Crippen LogP) is 4.15. The second-order valence-electron chi connectivity index (χ2n) is 6.06. The number of anilines is 1. The normalized spacial score (nSPS) is 14.1. The van der Waals surface area contributed by atoms with Gasteiger partial charge < -0.3 is 9.64 Å². The lowest BCUT2D eigenvalue weighted by molar-refractivity contribution is 0.414. The van der Waals surface area contributed by atoms with Gasteiger partial charge in [-0.3, -0.25) is 0 Å². The molecule has 0 saturated carbocycles. The lowest BCUT2D eigenvalue weighted by Crippen LogP contribution is -2.21. The van der Waals surface area contributed by atoms with Gasteiger partial charge in [0.05, 0.1) is 18.5 Å². The fraction of sp³-hybridized carbons (Fsp3) is 0.250. The van der Waals surface area contributed by atoms with Crippen molar-refractivity contribution in [1.29, 1.82) is 0 Å². The molecule has 3 aromatic rings. The first-order chi connectivity index (χ1) is 11.8. The van der Waals surface area contributed by atoms with E-state index in [1.165, 1.54) is 12.8 Å². The van der Waals surface area contributed by atoms with E-state index < -0.39 is 0 Å². The summed E-state index contributed by atoms with van der Waals surface area (Å²) in [5, 5.41) is 4.88. The average molecular weight is 319 g/mol. The minimum Gasteiger partial charge on any atom is -0.497 e. The van der Waals surface area contributed by atoms with Crippen molar-refractivity contribution >= 4 is 5.82 Å². The zero-order valence-electron chi connectivity index (χ0n) is 13.9. The molecule has 0 aliphatic carbocycles. The van der Waals surface area contributed by atoms with Gasteiger partial charge in [0.1, 0.15) is 11.6 Å². The van der Waals surface area contributed by atoms with Gasteiger partial charge in [0.25, 0.3) is 0 Å². The van der Waals surface area contributed by atoms with E-state index in [-0.39, 0.29) is 0 Å². The van der Waals surface area contributed by atoms with Gasteiger partial charge in [-0.05, 0) is 37.1 Å². The van der Waals surface area contributed by atoms with Crippen LogP contribution in [0.4, 0.5) is 5.82 Å². The number of aromatic nitrogens is 2. The van der Waals surface area contributed by atoms with E-state index in [0.717, 1.165) is 41.6 Å². The van der Waals surface area contributed by atoms with Gasteiger partial charge in [-0.1, -0.05) is 30.3 Å². The maximum atomic E-state index is 5.27. The molecule has 24 heavy (non-hydrogen) atoms. The molecule has 122 valence electrons. The molecule has 2 aromatic carbocycles. The second kappa shape index (κ2) is 6.40. The first-order valence-corrected chi connectivity index (χ1v) is 8.40. The standard InChI is InChI=1S/C20H21N3O/c1-24-18-11-9-17(10-12-18)23-20(22-13-5-6-14-22)15-19(21-23)16-7-3-2-4-8-16/h2-4,7-12,15H,5-6,13-14H2,1H3. The van der Waals surface area contributed by atoms with Crippen molar-refractivity contribution in [2.24, 2.45) is 0 Å². The van der Waals surface area contributed by atoms with E-state index in [2.05, 4.69) is 47.4 Å². The zero-order valence-corrected chi connectivity index (χ0v) is 13.9. The molecular formula is C20H21N3O. The van der Waals surface area contributed by atoms with Crippen LogP contribution in [0.5, 0.6) is 5.75 Å². The fourth-order valence-electron chi connectivity index (χ4n) is 3.21. The maximum absolute atomic E-state index is 5.27. The van der Waals surface area contributed by atoms with Crippen LogP contribution in [-0.4, -0.2) is 30.0 Å². The van der Waals surface area contributed by atoms with Crippen molar-refractivity contribution in [3.63, 3.8) is 0 Å². The van der Waals surface area contributed by atoms with Crippen LogP contribution in [0, 0.1) is 0 Å². The molecule has 0 bridgehead atoms. The summed E-state index contributed by atoms with van der Waals surface area (Å²) in [5.41, 5.74) is 3.21. The largest absolute Gasteiger partial charge is 0.497 e. The number of nitrogens with zero attached hydrogens (tertiary/aromatic N) is 3. The van der Waals surface area contributed by atoms with Crippen molar-refractivity contribution in [1.82, 2.24) is 9.78 Å². The van der Waals surface area contributed by atoms with E-state index in [1.807, 2.05) is 22.9 Å². The molecule has 1 fully saturated rings. The molecule has 0 radical (unpaired) electrons. The Balaban J connectivity index is 1.79. The zero-order chi connectivity index (χ0) is 16.4. The van der Waals surface area contributed by atoms with Crippen LogP contribution in [0.25, 0.3) is 16.9 Å². The van der Waals surface area contributed by atoms with Gasteiger partial charge in [-0.15, -0.1) is 0 Å². The molecule has 1 aromatic heterocycles. The Morgan fingerprint density at radius 3 is 2.29 bits per heavy atom. The Kier molecular flexibility index (Phi) is 3.95. The van der Waals surface area contributed by atoms with Crippen LogP contribution in [0.2, 0.25) is 0 Å². The molecule has 4 nitrogen and oxygen atoms in total. The third-order valence-corrected chi connectivity index (χ3v) is 4.51. The van der Waals surface area contributed by atoms with Crippen LogP contribution < -0.4 is 9.64 Å². The molecule has 4 heteroatoms. The summed E-state index contributed by atoms with van der Waals surface area (Å²) in [6.45, 7) is 2.19. The first kappa shape index (κ1) is 14.8. The monoisotopic (exact) mass is 319 g/mol. The van der Waals surface area contributed by atoms with Gasteiger partial charge in [-0.25, -0.2) is 4.68 Å². The molecule has 1 aliphatic heterocycles. The number of rotatable bonds is 4. The van der Waals surface area contributed by atoms with Gasteiger partial charge in [0.2, 0.25) is 0 Å². The number of hydrogen-bond acceptors (Lipinski definition) is 3. The lowest BCUT2D eigenvalue weighted by Gasteiger charge is -2.18. The molecule has 0 N–H and O–H groups in total. The highest BCUT2D eigenvalue weighted by Crippen LogP contribution is 2.29. The number of hydrogen-bond donors (Lipinski definition) is 0. The molecule has 4 rings (SSSR count). The van der Waals surface area contributed by atoms with Gasteiger partial charge in [0.15, 0.2) is 0 Å². The first-order valence-electron chi connectivity index (χ1n) is 8.40. The average Bonchev–Trinajstić information content (AvgIpc) is 3.32. The summed E-state index contributed by atoms with van der Waals surface area (Å²) >= 11 is 0. The molecule has 1 aliphatic rings. The Morgan fingerprint density at radius 2 is 1.62 bits per heavy atom. The Labute approximate surface area is 142 Å². The molecule has 0 amide bonds. The minimum absolute atomic E-state index is 0.858. The van der Waals surface area contributed by atoms with E-state index in [9.17, 15) is 0 Å².